The monoisotopic (exact) mass is 190 g/mol. The van der Waals surface area contributed by atoms with E-state index in [0.29, 0.717) is 0 Å². The molecule has 0 bridgehead atoms. The van der Waals surface area contributed by atoms with Gasteiger partial charge < -0.3 is 14.6 Å². The van der Waals surface area contributed by atoms with Crippen molar-refractivity contribution in [2.45, 2.75) is 19.4 Å². The predicted molar refractivity (Wildman–Crippen MR) is 44.2 cm³/mol. The van der Waals surface area contributed by atoms with Gasteiger partial charge in [-0.1, -0.05) is 0 Å². The van der Waals surface area contributed by atoms with Crippen LogP contribution in [0.5, 0.6) is 0 Å². The van der Waals surface area contributed by atoms with E-state index in [4.69, 9.17) is 9.84 Å². The first-order chi connectivity index (χ1) is 5.86. The Balaban J connectivity index is 4.81. The molecule has 0 aromatic carbocycles. The maximum Gasteiger partial charge on any atom is 0.323 e. The Morgan fingerprint density at radius 3 is 2.00 bits per heavy atom. The van der Waals surface area contributed by atoms with Crippen LogP contribution in [0.4, 0.5) is 0 Å². The van der Waals surface area contributed by atoms with E-state index in [-0.39, 0.29) is 0 Å². The molecule has 0 aromatic heterocycles. The molecule has 0 rings (SSSR count). The summed E-state index contributed by atoms with van der Waals surface area (Å²) in [5.41, 5.74) is -1.07. The largest absolute Gasteiger partial charge is 0.481 e. The van der Waals surface area contributed by atoms with Crippen LogP contribution in [0.15, 0.2) is 0 Å². The van der Waals surface area contributed by atoms with E-state index in [1.54, 1.807) is 0 Å². The number of carboxylic acids is 1. The SMILES string of the molecule is COC(=O)C(C(=O)O)C(C)(C)OC. The minimum absolute atomic E-state index is 0.806. The van der Waals surface area contributed by atoms with Gasteiger partial charge in [0.05, 0.1) is 12.7 Å². The van der Waals surface area contributed by atoms with Gasteiger partial charge in [0, 0.05) is 7.11 Å². The summed E-state index contributed by atoms with van der Waals surface area (Å²) in [5, 5.41) is 8.76. The van der Waals surface area contributed by atoms with Gasteiger partial charge >= 0.3 is 11.9 Å². The topological polar surface area (TPSA) is 72.8 Å². The van der Waals surface area contributed by atoms with Gasteiger partial charge in [0.15, 0.2) is 5.92 Å². The normalized spacial score (nSPS) is 13.5. The average molecular weight is 190 g/mol. The summed E-state index contributed by atoms with van der Waals surface area (Å²) in [6.07, 6.45) is 0. The van der Waals surface area contributed by atoms with E-state index in [2.05, 4.69) is 4.74 Å². The maximum atomic E-state index is 11.1. The van der Waals surface area contributed by atoms with Crippen LogP contribution in [0.2, 0.25) is 0 Å². The number of hydrogen-bond donors (Lipinski definition) is 1. The molecule has 0 aliphatic rings. The van der Waals surface area contributed by atoms with Crippen LogP contribution in [0, 0.1) is 5.92 Å². The third-order valence-corrected chi connectivity index (χ3v) is 1.91. The summed E-state index contributed by atoms with van der Waals surface area (Å²) in [4.78, 5) is 21.8. The summed E-state index contributed by atoms with van der Waals surface area (Å²) in [6, 6.07) is 0. The van der Waals surface area contributed by atoms with Crippen LogP contribution in [0.1, 0.15) is 13.8 Å². The number of hydrogen-bond acceptors (Lipinski definition) is 4. The van der Waals surface area contributed by atoms with Crippen molar-refractivity contribution < 1.29 is 24.2 Å². The maximum absolute atomic E-state index is 11.1. The van der Waals surface area contributed by atoms with Crippen LogP contribution < -0.4 is 0 Å². The average Bonchev–Trinajstić information content (AvgIpc) is 2.03. The smallest absolute Gasteiger partial charge is 0.323 e. The number of aliphatic carboxylic acids is 1. The van der Waals surface area contributed by atoms with Crippen molar-refractivity contribution in [2.75, 3.05) is 14.2 Å². The van der Waals surface area contributed by atoms with E-state index in [0.717, 1.165) is 7.11 Å². The van der Waals surface area contributed by atoms with Crippen molar-refractivity contribution in [1.82, 2.24) is 0 Å². The Morgan fingerprint density at radius 2 is 1.77 bits per heavy atom. The molecule has 0 spiro atoms. The molecule has 0 fully saturated rings. The molecule has 5 heteroatoms. The van der Waals surface area contributed by atoms with Crippen LogP contribution >= 0.6 is 0 Å². The first-order valence-corrected chi connectivity index (χ1v) is 3.72. The van der Waals surface area contributed by atoms with Gasteiger partial charge in [-0.15, -0.1) is 0 Å². The Morgan fingerprint density at radius 1 is 1.31 bits per heavy atom. The van der Waals surface area contributed by atoms with Crippen LogP contribution in [-0.2, 0) is 19.1 Å². The third kappa shape index (κ3) is 2.69. The Bertz CT molecular complexity index is 209. The summed E-state index contributed by atoms with van der Waals surface area (Å²) >= 11 is 0. The first-order valence-electron chi connectivity index (χ1n) is 3.72. The molecule has 5 nitrogen and oxygen atoms in total. The van der Waals surface area contributed by atoms with Crippen molar-refractivity contribution in [3.8, 4) is 0 Å². The van der Waals surface area contributed by atoms with E-state index in [9.17, 15) is 9.59 Å². The van der Waals surface area contributed by atoms with Gasteiger partial charge in [-0.05, 0) is 13.8 Å². The van der Waals surface area contributed by atoms with Gasteiger partial charge in [0.2, 0.25) is 0 Å². The lowest BCUT2D eigenvalue weighted by Gasteiger charge is -2.27. The van der Waals surface area contributed by atoms with Crippen molar-refractivity contribution in [2.24, 2.45) is 5.92 Å². The fraction of sp³-hybridized carbons (Fsp3) is 0.750. The summed E-state index contributed by atoms with van der Waals surface area (Å²) < 4.78 is 9.26. The van der Waals surface area contributed by atoms with Gasteiger partial charge in [0.1, 0.15) is 0 Å². The van der Waals surface area contributed by atoms with E-state index < -0.39 is 23.5 Å². The van der Waals surface area contributed by atoms with Gasteiger partial charge in [-0.25, -0.2) is 0 Å². The molecule has 13 heavy (non-hydrogen) atoms. The number of ether oxygens (including phenoxy) is 2. The molecule has 76 valence electrons. The summed E-state index contributed by atoms with van der Waals surface area (Å²) in [5.74, 6) is -3.36. The molecule has 0 saturated heterocycles. The molecule has 0 heterocycles. The highest BCUT2D eigenvalue weighted by Crippen LogP contribution is 2.21. The lowest BCUT2D eigenvalue weighted by molar-refractivity contribution is -0.169. The summed E-state index contributed by atoms with van der Waals surface area (Å²) in [7, 11) is 2.49. The lowest BCUT2D eigenvalue weighted by atomic mass is 9.91. The van der Waals surface area contributed by atoms with Crippen LogP contribution in [-0.4, -0.2) is 36.9 Å². The molecule has 0 saturated carbocycles. The zero-order chi connectivity index (χ0) is 10.6. The summed E-state index contributed by atoms with van der Waals surface area (Å²) in [6.45, 7) is 3.03. The second kappa shape index (κ2) is 4.23. The second-order valence-corrected chi connectivity index (χ2v) is 3.10. The highest BCUT2D eigenvalue weighted by molar-refractivity contribution is 5.95. The molecule has 1 unspecified atom stereocenters. The van der Waals surface area contributed by atoms with Gasteiger partial charge in [-0.2, -0.15) is 0 Å². The number of carboxylic acid groups (broad SMARTS) is 1. The number of carbonyl (C=O) groups is 2. The lowest BCUT2D eigenvalue weighted by Crippen LogP contribution is -2.44. The van der Waals surface area contributed by atoms with Gasteiger partial charge in [0.25, 0.3) is 0 Å². The number of rotatable bonds is 4. The number of methoxy groups -OCH3 is 2. The minimum atomic E-state index is -1.30. The third-order valence-electron chi connectivity index (χ3n) is 1.91. The fourth-order valence-corrected chi connectivity index (χ4v) is 0.918. The number of carbonyl (C=O) groups excluding carboxylic acids is 1. The molecule has 0 aliphatic heterocycles. The molecule has 0 radical (unpaired) electrons. The zero-order valence-electron chi connectivity index (χ0n) is 8.16. The second-order valence-electron chi connectivity index (χ2n) is 3.10. The molecule has 1 atom stereocenters. The Hall–Kier alpha value is -1.10. The van der Waals surface area contributed by atoms with Crippen LogP contribution in [0.25, 0.3) is 0 Å². The van der Waals surface area contributed by atoms with Crippen LogP contribution in [0.3, 0.4) is 0 Å². The highest BCUT2D eigenvalue weighted by Gasteiger charge is 2.42. The molecule has 1 N–H and O–H groups in total. The quantitative estimate of drug-likeness (QED) is 0.509. The predicted octanol–water partition coefficient (Wildman–Crippen LogP) is 0.285. The Kier molecular flexibility index (Phi) is 3.87. The van der Waals surface area contributed by atoms with E-state index in [1.807, 2.05) is 0 Å². The zero-order valence-corrected chi connectivity index (χ0v) is 8.16. The van der Waals surface area contributed by atoms with Crippen molar-refractivity contribution >= 4 is 11.9 Å². The van der Waals surface area contributed by atoms with E-state index in [1.165, 1.54) is 21.0 Å². The molecular formula is C8H14O5. The highest BCUT2D eigenvalue weighted by atomic mass is 16.5. The van der Waals surface area contributed by atoms with Crippen molar-refractivity contribution in [3.63, 3.8) is 0 Å². The Labute approximate surface area is 76.6 Å². The standard InChI is InChI=1S/C8H14O5/c1-8(2,13-4)5(6(9)10)7(11)12-3/h5H,1-4H3,(H,9,10). The molecule has 0 aliphatic carbocycles. The molecular weight excluding hydrogens is 176 g/mol. The van der Waals surface area contributed by atoms with Gasteiger partial charge in [-0.3, -0.25) is 9.59 Å². The first kappa shape index (κ1) is 11.9. The number of esters is 1. The van der Waals surface area contributed by atoms with E-state index >= 15 is 0 Å². The molecule has 0 aromatic rings. The molecule has 0 amide bonds. The van der Waals surface area contributed by atoms with Crippen molar-refractivity contribution in [1.29, 1.82) is 0 Å². The fourth-order valence-electron chi connectivity index (χ4n) is 0.918. The minimum Gasteiger partial charge on any atom is -0.481 e. The van der Waals surface area contributed by atoms with Crippen molar-refractivity contribution in [3.05, 3.63) is 0 Å².